The fourth-order valence-electron chi connectivity index (χ4n) is 1.58. The maximum Gasteiger partial charge on any atom is 0.313 e. The average Bonchev–Trinajstić information content (AvgIpc) is 2.85. The van der Waals surface area contributed by atoms with Crippen molar-refractivity contribution in [2.75, 3.05) is 11.9 Å². The van der Waals surface area contributed by atoms with Gasteiger partial charge in [0.25, 0.3) is 0 Å². The molecule has 0 aliphatic rings. The SMILES string of the molecule is CCNc1ncc(COc2c(Br)cc(Cl)cc2[N+](=O)[O-])s1. The quantitative estimate of drug-likeness (QED) is 0.579. The molecule has 0 atom stereocenters. The van der Waals surface area contributed by atoms with Gasteiger partial charge in [-0.15, -0.1) is 0 Å². The number of aromatic nitrogens is 1. The van der Waals surface area contributed by atoms with Crippen molar-refractivity contribution in [2.45, 2.75) is 13.5 Å². The van der Waals surface area contributed by atoms with Crippen molar-refractivity contribution in [3.63, 3.8) is 0 Å². The molecule has 2 aromatic rings. The largest absolute Gasteiger partial charge is 0.480 e. The van der Waals surface area contributed by atoms with E-state index in [-0.39, 0.29) is 23.1 Å². The Morgan fingerprint density at radius 3 is 3.00 bits per heavy atom. The van der Waals surface area contributed by atoms with Crippen LogP contribution in [0.2, 0.25) is 5.02 Å². The molecule has 1 N–H and O–H groups in total. The first-order chi connectivity index (χ1) is 10.0. The number of rotatable bonds is 6. The molecule has 0 saturated carbocycles. The number of nitro groups is 1. The smallest absolute Gasteiger partial charge is 0.313 e. The van der Waals surface area contributed by atoms with Crippen LogP contribution in [-0.4, -0.2) is 16.5 Å². The number of nitrogens with one attached hydrogen (secondary N) is 1. The van der Waals surface area contributed by atoms with Gasteiger partial charge in [0.2, 0.25) is 5.75 Å². The van der Waals surface area contributed by atoms with Crippen LogP contribution in [0, 0.1) is 10.1 Å². The monoisotopic (exact) mass is 391 g/mol. The molecule has 2 rings (SSSR count). The van der Waals surface area contributed by atoms with Crippen LogP contribution in [0.4, 0.5) is 10.8 Å². The molecule has 0 bridgehead atoms. The van der Waals surface area contributed by atoms with Gasteiger partial charge in [0.1, 0.15) is 6.61 Å². The number of thiazole rings is 1. The van der Waals surface area contributed by atoms with Gasteiger partial charge in [0.05, 0.1) is 14.3 Å². The number of nitro benzene ring substituents is 1. The summed E-state index contributed by atoms with van der Waals surface area (Å²) in [7, 11) is 0. The first-order valence-electron chi connectivity index (χ1n) is 5.96. The van der Waals surface area contributed by atoms with Crippen molar-refractivity contribution in [3.05, 3.63) is 42.8 Å². The van der Waals surface area contributed by atoms with Crippen LogP contribution < -0.4 is 10.1 Å². The van der Waals surface area contributed by atoms with Gasteiger partial charge in [0, 0.05) is 23.8 Å². The van der Waals surface area contributed by atoms with Crippen molar-refractivity contribution in [1.29, 1.82) is 0 Å². The van der Waals surface area contributed by atoms with E-state index in [1.165, 1.54) is 17.4 Å². The number of hydrogen-bond acceptors (Lipinski definition) is 6. The number of halogens is 2. The molecule has 0 spiro atoms. The van der Waals surface area contributed by atoms with E-state index in [2.05, 4.69) is 26.2 Å². The molecule has 9 heteroatoms. The molecule has 1 aromatic heterocycles. The summed E-state index contributed by atoms with van der Waals surface area (Å²) in [6.07, 6.45) is 1.68. The summed E-state index contributed by atoms with van der Waals surface area (Å²) in [5, 5.41) is 15.2. The Kier molecular flexibility index (Phi) is 5.38. The van der Waals surface area contributed by atoms with Crippen molar-refractivity contribution >= 4 is 49.7 Å². The molecule has 0 fully saturated rings. The Morgan fingerprint density at radius 2 is 2.33 bits per heavy atom. The zero-order valence-corrected chi connectivity index (χ0v) is 14.1. The zero-order chi connectivity index (χ0) is 15.4. The molecule has 1 heterocycles. The van der Waals surface area contributed by atoms with E-state index < -0.39 is 4.92 Å². The number of nitrogens with zero attached hydrogens (tertiary/aromatic N) is 2. The van der Waals surface area contributed by atoms with Crippen LogP contribution in [0.15, 0.2) is 22.8 Å². The van der Waals surface area contributed by atoms with Crippen molar-refractivity contribution < 1.29 is 9.66 Å². The van der Waals surface area contributed by atoms with E-state index in [0.717, 1.165) is 16.6 Å². The molecule has 0 aliphatic carbocycles. The highest BCUT2D eigenvalue weighted by Gasteiger charge is 2.20. The van der Waals surface area contributed by atoms with E-state index in [0.29, 0.717) is 4.47 Å². The van der Waals surface area contributed by atoms with Gasteiger partial charge >= 0.3 is 5.69 Å². The molecule has 6 nitrogen and oxygen atoms in total. The summed E-state index contributed by atoms with van der Waals surface area (Å²) in [5.41, 5.74) is -0.175. The average molecular weight is 393 g/mol. The second-order valence-corrected chi connectivity index (χ2v) is 6.35. The maximum absolute atomic E-state index is 11.1. The number of ether oxygens (including phenoxy) is 1. The first-order valence-corrected chi connectivity index (χ1v) is 7.94. The normalized spacial score (nSPS) is 10.4. The molecule has 21 heavy (non-hydrogen) atoms. The number of hydrogen-bond donors (Lipinski definition) is 1. The van der Waals surface area contributed by atoms with Gasteiger partial charge in [-0.3, -0.25) is 10.1 Å². The van der Waals surface area contributed by atoms with Gasteiger partial charge in [-0.2, -0.15) is 0 Å². The lowest BCUT2D eigenvalue weighted by Gasteiger charge is -2.08. The summed E-state index contributed by atoms with van der Waals surface area (Å²) in [6, 6.07) is 2.82. The van der Waals surface area contributed by atoms with Crippen LogP contribution in [0.5, 0.6) is 5.75 Å². The van der Waals surface area contributed by atoms with Gasteiger partial charge < -0.3 is 10.1 Å². The standard InChI is InChI=1S/C12H11BrClN3O3S/c1-2-15-12-16-5-8(21-12)6-20-11-9(13)3-7(14)4-10(11)17(18)19/h3-5H,2,6H2,1H3,(H,15,16). The zero-order valence-electron chi connectivity index (χ0n) is 10.9. The molecule has 0 radical (unpaired) electrons. The molecule has 1 aromatic carbocycles. The second-order valence-electron chi connectivity index (χ2n) is 3.94. The van der Waals surface area contributed by atoms with Crippen molar-refractivity contribution in [1.82, 2.24) is 4.98 Å². The van der Waals surface area contributed by atoms with E-state index >= 15 is 0 Å². The summed E-state index contributed by atoms with van der Waals surface area (Å²) in [6.45, 7) is 2.96. The van der Waals surface area contributed by atoms with E-state index in [9.17, 15) is 10.1 Å². The van der Waals surface area contributed by atoms with Gasteiger partial charge in [0.15, 0.2) is 5.13 Å². The van der Waals surface area contributed by atoms with Crippen molar-refractivity contribution in [2.24, 2.45) is 0 Å². The predicted molar refractivity (Wildman–Crippen MR) is 86.4 cm³/mol. The second kappa shape index (κ2) is 7.06. The van der Waals surface area contributed by atoms with Crippen molar-refractivity contribution in [3.8, 4) is 5.75 Å². The van der Waals surface area contributed by atoms with Gasteiger partial charge in [-0.25, -0.2) is 4.98 Å². The van der Waals surface area contributed by atoms with E-state index in [4.69, 9.17) is 16.3 Å². The van der Waals surface area contributed by atoms with Gasteiger partial charge in [-0.05, 0) is 28.9 Å². The van der Waals surface area contributed by atoms with E-state index in [1.54, 1.807) is 12.3 Å². The molecular weight excluding hydrogens is 382 g/mol. The third-order valence-corrected chi connectivity index (χ3v) is 4.16. The minimum Gasteiger partial charge on any atom is -0.480 e. The summed E-state index contributed by atoms with van der Waals surface area (Å²) in [5.74, 6) is 0.155. The molecular formula is C12H11BrClN3O3S. The van der Waals surface area contributed by atoms with Crippen LogP contribution in [0.1, 0.15) is 11.8 Å². The molecule has 0 amide bonds. The Morgan fingerprint density at radius 1 is 1.57 bits per heavy atom. The molecule has 0 saturated heterocycles. The van der Waals surface area contributed by atoms with Crippen LogP contribution in [0.3, 0.4) is 0 Å². The summed E-state index contributed by atoms with van der Waals surface area (Å²) >= 11 is 10.5. The fraction of sp³-hybridized carbons (Fsp3) is 0.250. The van der Waals surface area contributed by atoms with Crippen LogP contribution >= 0.6 is 38.9 Å². The predicted octanol–water partition coefficient (Wildman–Crippen LogP) is 4.48. The number of benzene rings is 1. The molecule has 112 valence electrons. The Labute approximate surface area is 138 Å². The van der Waals surface area contributed by atoms with Crippen LogP contribution in [-0.2, 0) is 6.61 Å². The molecule has 0 unspecified atom stereocenters. The lowest BCUT2D eigenvalue weighted by atomic mass is 10.3. The Hall–Kier alpha value is -1.38. The lowest BCUT2D eigenvalue weighted by Crippen LogP contribution is -1.99. The van der Waals surface area contributed by atoms with Gasteiger partial charge in [-0.1, -0.05) is 22.9 Å². The summed E-state index contributed by atoms with van der Waals surface area (Å²) in [4.78, 5) is 15.6. The Balaban J connectivity index is 2.17. The third kappa shape index (κ3) is 4.05. The van der Waals surface area contributed by atoms with Crippen LogP contribution in [0.25, 0.3) is 0 Å². The highest BCUT2D eigenvalue weighted by molar-refractivity contribution is 9.10. The van der Waals surface area contributed by atoms with E-state index in [1.807, 2.05) is 6.92 Å². The highest BCUT2D eigenvalue weighted by atomic mass is 79.9. The third-order valence-electron chi connectivity index (χ3n) is 2.43. The highest BCUT2D eigenvalue weighted by Crippen LogP contribution is 2.38. The maximum atomic E-state index is 11.1. The minimum atomic E-state index is -0.525. The Bertz CT molecular complexity index is 665. The first kappa shape index (κ1) is 16.0. The topological polar surface area (TPSA) is 77.3 Å². The lowest BCUT2D eigenvalue weighted by molar-refractivity contribution is -0.386. The summed E-state index contributed by atoms with van der Waals surface area (Å²) < 4.78 is 6.00. The number of anilines is 1. The fourth-order valence-corrected chi connectivity index (χ4v) is 3.28. The minimum absolute atomic E-state index is 0.155. The molecule has 0 aliphatic heterocycles.